The Kier molecular flexibility index (Phi) is 4.07. The summed E-state index contributed by atoms with van der Waals surface area (Å²) in [6.45, 7) is 6.84. The minimum Gasteiger partial charge on any atom is -0.378 e. The lowest BCUT2D eigenvalue weighted by Gasteiger charge is -2.26. The fourth-order valence-electron chi connectivity index (χ4n) is 4.11. The van der Waals surface area contributed by atoms with Crippen molar-refractivity contribution >= 4 is 17.5 Å². The molecular weight excluding hydrogens is 320 g/mol. The molecule has 26 heavy (non-hydrogen) atoms. The zero-order chi connectivity index (χ0) is 18.5. The van der Waals surface area contributed by atoms with Gasteiger partial charge in [0.15, 0.2) is 0 Å². The van der Waals surface area contributed by atoms with Gasteiger partial charge < -0.3 is 4.90 Å². The summed E-state index contributed by atoms with van der Waals surface area (Å²) in [7, 11) is 4.12. The van der Waals surface area contributed by atoms with E-state index in [1.54, 1.807) is 0 Å². The van der Waals surface area contributed by atoms with Crippen LogP contribution in [-0.2, 0) is 11.3 Å². The standard InChI is InChI=1S/C23H28N2O/c1-16-7-6-8-20-19(16)15-21-23(2,3)22(26-25(20)21)14-11-17-9-12-18(13-10-17)24(4)5/h6-14,21-22H,15H2,1-5H3. The van der Waals surface area contributed by atoms with E-state index in [1.165, 1.54) is 28.1 Å². The van der Waals surface area contributed by atoms with Crippen LogP contribution in [0.25, 0.3) is 6.08 Å². The molecule has 2 aliphatic rings. The van der Waals surface area contributed by atoms with E-state index in [0.717, 1.165) is 6.42 Å². The van der Waals surface area contributed by atoms with Crippen LogP contribution in [0.3, 0.4) is 0 Å². The second kappa shape index (κ2) is 6.17. The number of hydrogen-bond acceptors (Lipinski definition) is 3. The number of fused-ring (bicyclic) bond motifs is 3. The number of nitrogens with zero attached hydrogens (tertiary/aromatic N) is 2. The van der Waals surface area contributed by atoms with Crippen molar-refractivity contribution in [2.45, 2.75) is 39.3 Å². The van der Waals surface area contributed by atoms with Gasteiger partial charge in [0.25, 0.3) is 0 Å². The summed E-state index contributed by atoms with van der Waals surface area (Å²) in [6.07, 6.45) is 5.55. The summed E-state index contributed by atoms with van der Waals surface area (Å²) in [5.74, 6) is 0. The van der Waals surface area contributed by atoms with Crippen molar-refractivity contribution in [3.63, 3.8) is 0 Å². The van der Waals surface area contributed by atoms with Crippen molar-refractivity contribution in [1.29, 1.82) is 0 Å². The smallest absolute Gasteiger partial charge is 0.111 e. The van der Waals surface area contributed by atoms with Gasteiger partial charge in [-0.15, -0.1) is 0 Å². The molecule has 136 valence electrons. The van der Waals surface area contributed by atoms with E-state index >= 15 is 0 Å². The van der Waals surface area contributed by atoms with Crippen LogP contribution >= 0.6 is 0 Å². The average Bonchev–Trinajstić information content (AvgIpc) is 3.10. The van der Waals surface area contributed by atoms with Gasteiger partial charge in [0.2, 0.25) is 0 Å². The molecular formula is C23H28N2O. The first-order chi connectivity index (χ1) is 12.4. The molecule has 3 heteroatoms. The maximum Gasteiger partial charge on any atom is 0.111 e. The SMILES string of the molecule is Cc1cccc2c1CC1N2OC(C=Cc2ccc(N(C)C)cc2)C1(C)C. The fraction of sp³-hybridized carbons (Fsp3) is 0.391. The van der Waals surface area contributed by atoms with Gasteiger partial charge in [0.05, 0.1) is 11.7 Å². The van der Waals surface area contributed by atoms with E-state index < -0.39 is 0 Å². The van der Waals surface area contributed by atoms with Crippen molar-refractivity contribution in [3.05, 3.63) is 65.2 Å². The highest BCUT2D eigenvalue weighted by molar-refractivity contribution is 5.62. The van der Waals surface area contributed by atoms with Gasteiger partial charge in [-0.25, -0.2) is 5.06 Å². The summed E-state index contributed by atoms with van der Waals surface area (Å²) in [6, 6.07) is 15.5. The molecule has 1 saturated heterocycles. The molecule has 0 aliphatic carbocycles. The van der Waals surface area contributed by atoms with Crippen LogP contribution in [0.5, 0.6) is 0 Å². The van der Waals surface area contributed by atoms with Gasteiger partial charge in [-0.3, -0.25) is 4.84 Å². The molecule has 0 spiro atoms. The van der Waals surface area contributed by atoms with Gasteiger partial charge in [0.1, 0.15) is 6.10 Å². The first-order valence-electron chi connectivity index (χ1n) is 9.38. The van der Waals surface area contributed by atoms with Gasteiger partial charge in [-0.1, -0.05) is 50.3 Å². The molecule has 1 fully saturated rings. The van der Waals surface area contributed by atoms with Gasteiger partial charge >= 0.3 is 0 Å². The summed E-state index contributed by atoms with van der Waals surface area (Å²) < 4.78 is 0. The van der Waals surface area contributed by atoms with E-state index in [9.17, 15) is 0 Å². The van der Waals surface area contributed by atoms with Gasteiger partial charge in [0, 0.05) is 25.2 Å². The molecule has 2 heterocycles. The minimum atomic E-state index is 0.0610. The Bertz CT molecular complexity index is 836. The molecule has 0 saturated carbocycles. The molecule has 3 nitrogen and oxygen atoms in total. The maximum atomic E-state index is 6.40. The van der Waals surface area contributed by atoms with E-state index in [-0.39, 0.29) is 11.5 Å². The summed E-state index contributed by atoms with van der Waals surface area (Å²) in [4.78, 5) is 8.52. The zero-order valence-electron chi connectivity index (χ0n) is 16.4. The molecule has 2 unspecified atom stereocenters. The lowest BCUT2D eigenvalue weighted by atomic mass is 9.78. The zero-order valence-corrected chi connectivity index (χ0v) is 16.4. The Morgan fingerprint density at radius 1 is 1.12 bits per heavy atom. The molecule has 0 N–H and O–H groups in total. The Labute approximate surface area is 156 Å². The second-order valence-electron chi connectivity index (χ2n) is 8.31. The van der Waals surface area contributed by atoms with E-state index in [4.69, 9.17) is 4.84 Å². The average molecular weight is 348 g/mol. The summed E-state index contributed by atoms with van der Waals surface area (Å²) >= 11 is 0. The number of aryl methyl sites for hydroxylation is 1. The van der Waals surface area contributed by atoms with E-state index in [0.29, 0.717) is 6.04 Å². The van der Waals surface area contributed by atoms with Crippen LogP contribution in [0.4, 0.5) is 11.4 Å². The van der Waals surface area contributed by atoms with Crippen LogP contribution in [0.1, 0.15) is 30.5 Å². The molecule has 2 aliphatic heterocycles. The van der Waals surface area contributed by atoms with Crippen LogP contribution in [-0.4, -0.2) is 26.2 Å². The number of anilines is 2. The largest absolute Gasteiger partial charge is 0.378 e. The molecule has 0 radical (unpaired) electrons. The quantitative estimate of drug-likeness (QED) is 0.789. The lowest BCUT2D eigenvalue weighted by Crippen LogP contribution is -2.36. The number of benzene rings is 2. The molecule has 0 bridgehead atoms. The Hall–Kier alpha value is -2.26. The van der Waals surface area contributed by atoms with Crippen molar-refractivity contribution in [3.8, 4) is 0 Å². The topological polar surface area (TPSA) is 15.7 Å². The monoisotopic (exact) mass is 348 g/mol. The van der Waals surface area contributed by atoms with Crippen LogP contribution in [0.2, 0.25) is 0 Å². The molecule has 2 aromatic carbocycles. The number of rotatable bonds is 3. The van der Waals surface area contributed by atoms with Gasteiger partial charge in [-0.2, -0.15) is 0 Å². The third-order valence-electron chi connectivity index (χ3n) is 6.00. The molecule has 0 aromatic heterocycles. The Morgan fingerprint density at radius 2 is 1.85 bits per heavy atom. The molecule has 0 amide bonds. The Morgan fingerprint density at radius 3 is 2.54 bits per heavy atom. The first kappa shape index (κ1) is 17.2. The highest BCUT2D eigenvalue weighted by Crippen LogP contribution is 2.49. The number of hydroxylamine groups is 1. The Balaban J connectivity index is 1.56. The van der Waals surface area contributed by atoms with Crippen LogP contribution in [0, 0.1) is 12.3 Å². The van der Waals surface area contributed by atoms with Crippen molar-refractivity contribution in [2.24, 2.45) is 5.41 Å². The third-order valence-corrected chi connectivity index (χ3v) is 6.00. The normalized spacial score (nSPS) is 23.3. The van der Waals surface area contributed by atoms with E-state index in [2.05, 4.69) is 99.4 Å². The fourth-order valence-corrected chi connectivity index (χ4v) is 4.11. The summed E-state index contributed by atoms with van der Waals surface area (Å²) in [5, 5.41) is 2.16. The highest BCUT2D eigenvalue weighted by Gasteiger charge is 2.52. The van der Waals surface area contributed by atoms with Crippen molar-refractivity contribution < 1.29 is 4.84 Å². The lowest BCUT2D eigenvalue weighted by molar-refractivity contribution is 0.0849. The van der Waals surface area contributed by atoms with Crippen molar-refractivity contribution in [2.75, 3.05) is 24.1 Å². The molecule has 2 atom stereocenters. The maximum absolute atomic E-state index is 6.40. The van der Waals surface area contributed by atoms with Crippen molar-refractivity contribution in [1.82, 2.24) is 0 Å². The van der Waals surface area contributed by atoms with Crippen LogP contribution in [0.15, 0.2) is 48.5 Å². The predicted octanol–water partition coefficient (Wildman–Crippen LogP) is 4.85. The van der Waals surface area contributed by atoms with E-state index in [1.807, 2.05) is 0 Å². The molecule has 2 aromatic rings. The predicted molar refractivity (Wildman–Crippen MR) is 110 cm³/mol. The number of hydrogen-bond donors (Lipinski definition) is 0. The van der Waals surface area contributed by atoms with Crippen LogP contribution < -0.4 is 9.96 Å². The third kappa shape index (κ3) is 2.71. The first-order valence-corrected chi connectivity index (χ1v) is 9.38. The summed E-state index contributed by atoms with van der Waals surface area (Å²) in [5.41, 5.74) is 6.53. The van der Waals surface area contributed by atoms with Gasteiger partial charge in [-0.05, 0) is 48.2 Å². The second-order valence-corrected chi connectivity index (χ2v) is 8.31. The minimum absolute atomic E-state index is 0.0610. The molecule has 4 rings (SSSR count). The highest BCUT2D eigenvalue weighted by atomic mass is 16.7.